The number of aromatic nitrogens is 2. The largest absolute Gasteiger partial charge is 0.363 e. The van der Waals surface area contributed by atoms with Crippen LogP contribution in [-0.4, -0.2) is 22.1 Å². The SMILES string of the molecule is CC#C/C=C\C(=C/C)C(CC(C)(C)C)Nc1[nH]ncc1C(=O)NC(CC)(CC)c1ccc(-c2ccc(C(C)(C)C)cc2)cc1. The van der Waals surface area contributed by atoms with Gasteiger partial charge < -0.3 is 10.6 Å². The summed E-state index contributed by atoms with van der Waals surface area (Å²) >= 11 is 0. The minimum absolute atomic E-state index is 0.0333. The molecule has 234 valence electrons. The topological polar surface area (TPSA) is 69.8 Å². The summed E-state index contributed by atoms with van der Waals surface area (Å²) < 4.78 is 0. The van der Waals surface area contributed by atoms with E-state index >= 15 is 0 Å². The number of nitrogens with zero attached hydrogens (tertiary/aromatic N) is 1. The first-order chi connectivity index (χ1) is 20.8. The molecule has 1 amide bonds. The van der Waals surface area contributed by atoms with Crippen molar-refractivity contribution in [2.75, 3.05) is 5.32 Å². The van der Waals surface area contributed by atoms with E-state index in [4.69, 9.17) is 0 Å². The number of allylic oxidation sites excluding steroid dienone is 2. The summed E-state index contributed by atoms with van der Waals surface area (Å²) in [5.74, 6) is 6.38. The molecule has 3 rings (SSSR count). The molecule has 0 radical (unpaired) electrons. The Balaban J connectivity index is 1.87. The van der Waals surface area contributed by atoms with E-state index in [0.717, 1.165) is 36.0 Å². The lowest BCUT2D eigenvalue weighted by molar-refractivity contribution is 0.0890. The van der Waals surface area contributed by atoms with Crippen LogP contribution in [0.4, 0.5) is 5.82 Å². The number of hydrogen-bond donors (Lipinski definition) is 3. The molecule has 0 aliphatic carbocycles. The highest BCUT2D eigenvalue weighted by molar-refractivity contribution is 5.99. The van der Waals surface area contributed by atoms with Gasteiger partial charge in [0.25, 0.3) is 5.91 Å². The number of amides is 1. The maximum Gasteiger partial charge on any atom is 0.257 e. The zero-order chi connectivity index (χ0) is 32.5. The van der Waals surface area contributed by atoms with E-state index < -0.39 is 5.54 Å². The predicted molar refractivity (Wildman–Crippen MR) is 187 cm³/mol. The van der Waals surface area contributed by atoms with Crippen LogP contribution >= 0.6 is 0 Å². The Morgan fingerprint density at radius 3 is 1.98 bits per heavy atom. The summed E-state index contributed by atoms with van der Waals surface area (Å²) in [6.45, 7) is 21.4. The fraction of sp³-hybridized carbons (Fsp3) is 0.436. The Hall–Kier alpha value is -4.04. The predicted octanol–water partition coefficient (Wildman–Crippen LogP) is 9.56. The average Bonchev–Trinajstić information content (AvgIpc) is 3.45. The van der Waals surface area contributed by atoms with Gasteiger partial charge in [-0.25, -0.2) is 0 Å². The molecule has 2 aromatic carbocycles. The van der Waals surface area contributed by atoms with Gasteiger partial charge >= 0.3 is 0 Å². The van der Waals surface area contributed by atoms with Gasteiger partial charge in [-0.3, -0.25) is 9.89 Å². The highest BCUT2D eigenvalue weighted by atomic mass is 16.1. The summed E-state index contributed by atoms with van der Waals surface area (Å²) in [4.78, 5) is 13.9. The summed E-state index contributed by atoms with van der Waals surface area (Å²) in [7, 11) is 0. The van der Waals surface area contributed by atoms with Crippen molar-refractivity contribution in [2.45, 2.75) is 105 Å². The van der Waals surface area contributed by atoms with Crippen molar-refractivity contribution in [1.82, 2.24) is 15.5 Å². The summed E-state index contributed by atoms with van der Waals surface area (Å²) in [5.41, 5.74) is 6.02. The smallest absolute Gasteiger partial charge is 0.257 e. The van der Waals surface area contributed by atoms with Crippen molar-refractivity contribution in [3.63, 3.8) is 0 Å². The minimum Gasteiger partial charge on any atom is -0.363 e. The fourth-order valence-electron chi connectivity index (χ4n) is 5.58. The van der Waals surface area contributed by atoms with E-state index in [2.05, 4.69) is 143 Å². The van der Waals surface area contributed by atoms with E-state index in [1.165, 1.54) is 11.1 Å². The van der Waals surface area contributed by atoms with Crippen LogP contribution in [0, 0.1) is 17.3 Å². The molecule has 1 aromatic heterocycles. The van der Waals surface area contributed by atoms with Crippen LogP contribution in [0.15, 0.2) is 78.5 Å². The van der Waals surface area contributed by atoms with E-state index in [9.17, 15) is 4.79 Å². The third-order valence-corrected chi connectivity index (χ3v) is 8.34. The molecule has 3 aromatic rings. The van der Waals surface area contributed by atoms with Crippen molar-refractivity contribution in [3.05, 3.63) is 95.2 Å². The van der Waals surface area contributed by atoms with Gasteiger partial charge in [-0.1, -0.05) is 116 Å². The Morgan fingerprint density at radius 2 is 1.50 bits per heavy atom. The number of carbonyl (C=O) groups is 1. The minimum atomic E-state index is -0.513. The zero-order valence-corrected chi connectivity index (χ0v) is 28.5. The van der Waals surface area contributed by atoms with E-state index in [-0.39, 0.29) is 22.8 Å². The van der Waals surface area contributed by atoms with Crippen LogP contribution in [0.1, 0.15) is 110 Å². The molecule has 1 unspecified atom stereocenters. The molecule has 5 heteroatoms. The Kier molecular flexibility index (Phi) is 11.4. The second kappa shape index (κ2) is 14.6. The number of anilines is 1. The van der Waals surface area contributed by atoms with Crippen molar-refractivity contribution in [2.24, 2.45) is 5.41 Å². The standard InChI is InChI=1S/C39H52N4O/c1-11-15-16-17-28(12-2)34(26-37(5,6)7)41-35-33(27-40-43-35)36(44)42-39(13-3,14-4)32-24-20-30(21-25-32)29-18-22-31(23-19-29)38(8,9)10/h12,16-25,27,34H,13-14,26H2,1-10H3,(H,42,44)(H2,40,41,43)/b17-16-,28-12+. The molecule has 1 atom stereocenters. The summed E-state index contributed by atoms with van der Waals surface area (Å²) in [6.07, 6.45) is 9.99. The lowest BCUT2D eigenvalue weighted by Gasteiger charge is -2.34. The molecule has 0 aliphatic rings. The third kappa shape index (κ3) is 8.76. The van der Waals surface area contributed by atoms with E-state index in [0.29, 0.717) is 11.4 Å². The number of aromatic amines is 1. The average molecular weight is 593 g/mol. The lowest BCUT2D eigenvalue weighted by Crippen LogP contribution is -2.45. The first-order valence-electron chi connectivity index (χ1n) is 15.9. The van der Waals surface area contributed by atoms with Gasteiger partial charge in [0.15, 0.2) is 0 Å². The molecule has 1 heterocycles. The number of rotatable bonds is 11. The third-order valence-electron chi connectivity index (χ3n) is 8.34. The van der Waals surface area contributed by atoms with Crippen LogP contribution in [0.5, 0.6) is 0 Å². The highest BCUT2D eigenvalue weighted by Gasteiger charge is 2.32. The normalized spacial score (nSPS) is 13.4. The van der Waals surface area contributed by atoms with Gasteiger partial charge in [0.2, 0.25) is 0 Å². The van der Waals surface area contributed by atoms with Gasteiger partial charge in [0.1, 0.15) is 11.4 Å². The Bertz CT molecular complexity index is 1490. The van der Waals surface area contributed by atoms with Crippen molar-refractivity contribution >= 4 is 11.7 Å². The molecule has 0 fully saturated rings. The first kappa shape index (κ1) is 34.5. The Morgan fingerprint density at radius 1 is 0.932 bits per heavy atom. The fourth-order valence-corrected chi connectivity index (χ4v) is 5.58. The highest BCUT2D eigenvalue weighted by Crippen LogP contribution is 2.33. The van der Waals surface area contributed by atoms with Crippen molar-refractivity contribution in [3.8, 4) is 23.0 Å². The molecular weight excluding hydrogens is 540 g/mol. The number of carbonyl (C=O) groups excluding carboxylic acids is 1. The van der Waals surface area contributed by atoms with Crippen LogP contribution < -0.4 is 10.6 Å². The van der Waals surface area contributed by atoms with Crippen LogP contribution in [0.3, 0.4) is 0 Å². The molecule has 5 nitrogen and oxygen atoms in total. The van der Waals surface area contributed by atoms with Gasteiger partial charge in [-0.05, 0) is 83.9 Å². The van der Waals surface area contributed by atoms with Crippen LogP contribution in [-0.2, 0) is 11.0 Å². The molecule has 44 heavy (non-hydrogen) atoms. The zero-order valence-electron chi connectivity index (χ0n) is 28.5. The monoisotopic (exact) mass is 592 g/mol. The number of H-pyrrole nitrogens is 1. The van der Waals surface area contributed by atoms with E-state index in [1.807, 2.05) is 26.0 Å². The maximum absolute atomic E-state index is 13.9. The second-order valence-corrected chi connectivity index (χ2v) is 13.8. The number of benzene rings is 2. The number of hydrogen-bond acceptors (Lipinski definition) is 3. The van der Waals surface area contributed by atoms with Gasteiger partial charge in [-0.15, -0.1) is 5.92 Å². The molecule has 0 aliphatic heterocycles. The molecule has 0 saturated carbocycles. The molecular formula is C39H52N4O. The van der Waals surface area contributed by atoms with Crippen molar-refractivity contribution in [1.29, 1.82) is 0 Å². The summed E-state index contributed by atoms with van der Waals surface area (Å²) in [6, 6.07) is 17.4. The van der Waals surface area contributed by atoms with Gasteiger partial charge in [0.05, 0.1) is 17.8 Å². The molecule has 0 bridgehead atoms. The van der Waals surface area contributed by atoms with Gasteiger partial charge in [-0.2, -0.15) is 5.10 Å². The first-order valence-corrected chi connectivity index (χ1v) is 15.9. The van der Waals surface area contributed by atoms with Crippen LogP contribution in [0.2, 0.25) is 0 Å². The lowest BCUT2D eigenvalue weighted by atomic mass is 9.83. The molecule has 0 spiro atoms. The quantitative estimate of drug-likeness (QED) is 0.153. The number of nitrogens with one attached hydrogen (secondary N) is 3. The van der Waals surface area contributed by atoms with Crippen LogP contribution in [0.25, 0.3) is 11.1 Å². The summed E-state index contributed by atoms with van der Waals surface area (Å²) in [5, 5.41) is 14.3. The maximum atomic E-state index is 13.9. The second-order valence-electron chi connectivity index (χ2n) is 13.8. The Labute approximate surface area is 266 Å². The van der Waals surface area contributed by atoms with E-state index in [1.54, 1.807) is 6.20 Å². The molecule has 3 N–H and O–H groups in total. The molecule has 0 saturated heterocycles. The van der Waals surface area contributed by atoms with Gasteiger partial charge in [0, 0.05) is 0 Å². The van der Waals surface area contributed by atoms with Crippen molar-refractivity contribution < 1.29 is 4.79 Å².